The van der Waals surface area contributed by atoms with Crippen LogP contribution in [0.4, 0.5) is 5.69 Å². The third kappa shape index (κ3) is 4.56. The Labute approximate surface area is 187 Å². The SMILES string of the molecule is CCOc1cc(/C=C2\C(=O)N(c3ccccc3)N=C2C)c(Br)c(Br)c1OC(C)C. The number of nitrogens with zero attached hydrogens (tertiary/aromatic N) is 2. The fourth-order valence-electron chi connectivity index (χ4n) is 2.90. The number of hydrogen-bond donors (Lipinski definition) is 0. The van der Waals surface area contributed by atoms with E-state index < -0.39 is 0 Å². The zero-order valence-electron chi connectivity index (χ0n) is 16.7. The Bertz CT molecular complexity index is 985. The van der Waals surface area contributed by atoms with Crippen LogP contribution in [0.5, 0.6) is 11.5 Å². The molecule has 0 aromatic heterocycles. The zero-order chi connectivity index (χ0) is 21.1. The van der Waals surface area contributed by atoms with Gasteiger partial charge >= 0.3 is 0 Å². The average Bonchev–Trinajstić information content (AvgIpc) is 2.97. The predicted molar refractivity (Wildman–Crippen MR) is 124 cm³/mol. The van der Waals surface area contributed by atoms with Crippen molar-refractivity contribution < 1.29 is 14.3 Å². The van der Waals surface area contributed by atoms with E-state index in [1.54, 1.807) is 0 Å². The highest BCUT2D eigenvalue weighted by Gasteiger charge is 2.29. The van der Waals surface area contributed by atoms with E-state index in [9.17, 15) is 4.79 Å². The second-order valence-corrected chi connectivity index (χ2v) is 8.30. The molecule has 0 fully saturated rings. The lowest BCUT2D eigenvalue weighted by molar-refractivity contribution is -0.114. The molecular weight excluding hydrogens is 500 g/mol. The Morgan fingerprint density at radius 2 is 1.86 bits per heavy atom. The van der Waals surface area contributed by atoms with Gasteiger partial charge in [0.25, 0.3) is 5.91 Å². The first kappa shape index (κ1) is 21.6. The zero-order valence-corrected chi connectivity index (χ0v) is 19.9. The molecule has 1 amide bonds. The Morgan fingerprint density at radius 3 is 2.48 bits per heavy atom. The molecule has 2 aromatic carbocycles. The van der Waals surface area contributed by atoms with E-state index in [1.807, 2.05) is 70.2 Å². The molecule has 1 aliphatic rings. The lowest BCUT2D eigenvalue weighted by Crippen LogP contribution is -2.21. The number of hydrogen-bond acceptors (Lipinski definition) is 4. The molecular formula is C22H22Br2N2O3. The van der Waals surface area contributed by atoms with Gasteiger partial charge in [-0.2, -0.15) is 10.1 Å². The molecule has 1 heterocycles. The van der Waals surface area contributed by atoms with Crippen LogP contribution in [-0.2, 0) is 4.79 Å². The monoisotopic (exact) mass is 520 g/mol. The van der Waals surface area contributed by atoms with Crippen molar-refractivity contribution in [1.29, 1.82) is 0 Å². The van der Waals surface area contributed by atoms with E-state index in [0.717, 1.165) is 20.2 Å². The van der Waals surface area contributed by atoms with Crippen LogP contribution in [0.25, 0.3) is 6.08 Å². The average molecular weight is 522 g/mol. The highest BCUT2D eigenvalue weighted by atomic mass is 79.9. The first-order valence-electron chi connectivity index (χ1n) is 9.31. The van der Waals surface area contributed by atoms with E-state index in [1.165, 1.54) is 5.01 Å². The maximum absolute atomic E-state index is 13.0. The van der Waals surface area contributed by atoms with E-state index in [2.05, 4.69) is 37.0 Å². The van der Waals surface area contributed by atoms with Crippen LogP contribution >= 0.6 is 31.9 Å². The van der Waals surface area contributed by atoms with Crippen molar-refractivity contribution in [3.8, 4) is 11.5 Å². The number of halogens is 2. The molecule has 3 rings (SSSR count). The summed E-state index contributed by atoms with van der Waals surface area (Å²) in [5.41, 5.74) is 2.71. The van der Waals surface area contributed by atoms with Gasteiger partial charge in [0.15, 0.2) is 11.5 Å². The largest absolute Gasteiger partial charge is 0.490 e. The summed E-state index contributed by atoms with van der Waals surface area (Å²) in [6, 6.07) is 11.2. The molecule has 0 unspecified atom stereocenters. The maximum Gasteiger partial charge on any atom is 0.280 e. The second-order valence-electron chi connectivity index (χ2n) is 6.72. The molecule has 152 valence electrons. The molecule has 0 aliphatic carbocycles. The van der Waals surface area contributed by atoms with Crippen LogP contribution in [0.1, 0.15) is 33.3 Å². The number of carbonyl (C=O) groups is 1. The molecule has 0 bridgehead atoms. The number of benzene rings is 2. The molecule has 0 saturated carbocycles. The van der Waals surface area contributed by atoms with E-state index in [-0.39, 0.29) is 12.0 Å². The van der Waals surface area contributed by atoms with Crippen molar-refractivity contribution in [2.75, 3.05) is 11.6 Å². The topological polar surface area (TPSA) is 51.1 Å². The van der Waals surface area contributed by atoms with Gasteiger partial charge in [-0.15, -0.1) is 0 Å². The number of anilines is 1. The lowest BCUT2D eigenvalue weighted by atomic mass is 10.1. The van der Waals surface area contributed by atoms with Gasteiger partial charge in [-0.25, -0.2) is 0 Å². The third-order valence-corrected chi connectivity index (χ3v) is 6.32. The number of rotatable bonds is 6. The fraction of sp³-hybridized carbons (Fsp3) is 0.273. The van der Waals surface area contributed by atoms with E-state index in [4.69, 9.17) is 9.47 Å². The normalized spacial score (nSPS) is 15.3. The Morgan fingerprint density at radius 1 is 1.17 bits per heavy atom. The van der Waals surface area contributed by atoms with Gasteiger partial charge in [0, 0.05) is 4.47 Å². The Balaban J connectivity index is 2.04. The fourth-order valence-corrected chi connectivity index (χ4v) is 3.83. The summed E-state index contributed by atoms with van der Waals surface area (Å²) in [4.78, 5) is 13.0. The minimum Gasteiger partial charge on any atom is -0.490 e. The van der Waals surface area contributed by atoms with E-state index >= 15 is 0 Å². The quantitative estimate of drug-likeness (QED) is 0.425. The first-order valence-corrected chi connectivity index (χ1v) is 10.9. The van der Waals surface area contributed by atoms with Crippen LogP contribution in [0, 0.1) is 0 Å². The molecule has 0 saturated heterocycles. The Kier molecular flexibility index (Phi) is 6.80. The molecule has 0 spiro atoms. The highest BCUT2D eigenvalue weighted by molar-refractivity contribution is 9.13. The molecule has 7 heteroatoms. The van der Waals surface area contributed by atoms with Gasteiger partial charge in [-0.3, -0.25) is 4.79 Å². The summed E-state index contributed by atoms with van der Waals surface area (Å²) < 4.78 is 13.2. The van der Waals surface area contributed by atoms with Crippen molar-refractivity contribution in [3.05, 3.63) is 56.5 Å². The van der Waals surface area contributed by atoms with Crippen LogP contribution in [0.3, 0.4) is 0 Å². The van der Waals surface area contributed by atoms with Crippen molar-refractivity contribution >= 4 is 55.2 Å². The minimum absolute atomic E-state index is 0.00757. The van der Waals surface area contributed by atoms with Gasteiger partial charge in [-0.1, -0.05) is 18.2 Å². The summed E-state index contributed by atoms with van der Waals surface area (Å²) >= 11 is 7.22. The van der Waals surface area contributed by atoms with Gasteiger partial charge in [-0.05, 0) is 89.4 Å². The van der Waals surface area contributed by atoms with Gasteiger partial charge < -0.3 is 9.47 Å². The van der Waals surface area contributed by atoms with Crippen molar-refractivity contribution in [3.63, 3.8) is 0 Å². The summed E-state index contributed by atoms with van der Waals surface area (Å²) in [6.07, 6.45) is 1.81. The van der Waals surface area contributed by atoms with Crippen LogP contribution in [0.15, 0.2) is 56.0 Å². The molecule has 5 nitrogen and oxygen atoms in total. The van der Waals surface area contributed by atoms with Gasteiger partial charge in [0.2, 0.25) is 0 Å². The van der Waals surface area contributed by atoms with Crippen molar-refractivity contribution in [2.45, 2.75) is 33.8 Å². The number of carbonyl (C=O) groups excluding carboxylic acids is 1. The third-order valence-electron chi connectivity index (χ3n) is 4.17. The molecule has 29 heavy (non-hydrogen) atoms. The number of ether oxygens (including phenoxy) is 2. The summed E-state index contributed by atoms with van der Waals surface area (Å²) in [6.45, 7) is 8.17. The minimum atomic E-state index is -0.169. The second kappa shape index (κ2) is 9.13. The summed E-state index contributed by atoms with van der Waals surface area (Å²) in [5, 5.41) is 5.85. The Hall–Kier alpha value is -2.12. The summed E-state index contributed by atoms with van der Waals surface area (Å²) in [5.74, 6) is 1.07. The molecule has 0 radical (unpaired) electrons. The van der Waals surface area contributed by atoms with Crippen LogP contribution in [0.2, 0.25) is 0 Å². The molecule has 1 aliphatic heterocycles. The number of para-hydroxylation sites is 1. The predicted octanol–water partition coefficient (Wildman–Crippen LogP) is 6.20. The highest BCUT2D eigenvalue weighted by Crippen LogP contribution is 2.44. The first-order chi connectivity index (χ1) is 13.8. The number of hydrazone groups is 1. The van der Waals surface area contributed by atoms with Crippen molar-refractivity contribution in [1.82, 2.24) is 0 Å². The van der Waals surface area contributed by atoms with E-state index in [0.29, 0.717) is 29.4 Å². The van der Waals surface area contributed by atoms with Gasteiger partial charge in [0.05, 0.1) is 34.2 Å². The standard InChI is InChI=1S/C22H22Br2N2O3/c1-5-28-18-12-15(19(23)20(24)21(18)29-13(2)3)11-17-14(4)25-26(22(17)27)16-9-7-6-8-10-16/h6-13H,5H2,1-4H3/b17-11-. The van der Waals surface area contributed by atoms with Crippen LogP contribution in [-0.4, -0.2) is 24.3 Å². The number of amides is 1. The van der Waals surface area contributed by atoms with Gasteiger partial charge in [0.1, 0.15) is 0 Å². The lowest BCUT2D eigenvalue weighted by Gasteiger charge is -2.18. The smallest absolute Gasteiger partial charge is 0.280 e. The molecule has 0 atom stereocenters. The molecule has 2 aromatic rings. The van der Waals surface area contributed by atoms with Crippen molar-refractivity contribution in [2.24, 2.45) is 5.10 Å². The molecule has 0 N–H and O–H groups in total. The maximum atomic E-state index is 13.0. The summed E-state index contributed by atoms with van der Waals surface area (Å²) in [7, 11) is 0. The van der Waals surface area contributed by atoms with Crippen LogP contribution < -0.4 is 14.5 Å².